The number of aromatic nitrogens is 1. The molecular formula is C10H16N2O. The first-order chi connectivity index (χ1) is 6.12. The van der Waals surface area contributed by atoms with Crippen LogP contribution >= 0.6 is 0 Å². The van der Waals surface area contributed by atoms with Gasteiger partial charge >= 0.3 is 0 Å². The first-order valence-electron chi connectivity index (χ1n) is 4.73. The number of nitrogens with zero attached hydrogens (tertiary/aromatic N) is 1. The molecule has 0 aromatic carbocycles. The average Bonchev–Trinajstić information content (AvgIpc) is 2.48. The first kappa shape index (κ1) is 8.75. The van der Waals surface area contributed by atoms with Gasteiger partial charge in [0.15, 0.2) is 0 Å². The Hall–Kier alpha value is -0.830. The Labute approximate surface area is 78.5 Å². The van der Waals surface area contributed by atoms with E-state index in [9.17, 15) is 0 Å². The summed E-state index contributed by atoms with van der Waals surface area (Å²) in [4.78, 5) is 0. The summed E-state index contributed by atoms with van der Waals surface area (Å²) in [7, 11) is 1.98. The Morgan fingerprint density at radius 1 is 1.62 bits per heavy atom. The fourth-order valence-electron chi connectivity index (χ4n) is 2.16. The second-order valence-corrected chi connectivity index (χ2v) is 4.61. The van der Waals surface area contributed by atoms with E-state index < -0.39 is 0 Å². The van der Waals surface area contributed by atoms with E-state index in [-0.39, 0.29) is 0 Å². The van der Waals surface area contributed by atoms with Gasteiger partial charge in [-0.2, -0.15) is 0 Å². The summed E-state index contributed by atoms with van der Waals surface area (Å²) >= 11 is 0. The molecule has 0 saturated carbocycles. The molecule has 0 bridgehead atoms. The Bertz CT molecular complexity index is 304. The van der Waals surface area contributed by atoms with Crippen LogP contribution in [0, 0.1) is 5.41 Å². The summed E-state index contributed by atoms with van der Waals surface area (Å²) in [5.41, 5.74) is 2.71. The van der Waals surface area contributed by atoms with Crippen LogP contribution in [-0.2, 0) is 6.42 Å². The van der Waals surface area contributed by atoms with Crippen LogP contribution < -0.4 is 5.32 Å². The number of hydrogen-bond acceptors (Lipinski definition) is 3. The van der Waals surface area contributed by atoms with Crippen molar-refractivity contribution in [2.24, 2.45) is 5.41 Å². The van der Waals surface area contributed by atoms with E-state index in [1.165, 1.54) is 5.56 Å². The third-order valence-electron chi connectivity index (χ3n) is 2.78. The molecule has 0 spiro atoms. The minimum atomic E-state index is 0.353. The summed E-state index contributed by atoms with van der Waals surface area (Å²) in [6.45, 7) is 4.57. The lowest BCUT2D eigenvalue weighted by atomic mass is 9.74. The molecule has 2 rings (SSSR count). The smallest absolute Gasteiger partial charge is 0.127 e. The Morgan fingerprint density at radius 3 is 3.08 bits per heavy atom. The predicted molar refractivity (Wildman–Crippen MR) is 50.4 cm³/mol. The van der Waals surface area contributed by atoms with Crippen molar-refractivity contribution in [1.29, 1.82) is 0 Å². The largest absolute Gasteiger partial charge is 0.364 e. The lowest BCUT2D eigenvalue weighted by molar-refractivity contribution is 0.260. The maximum atomic E-state index is 5.00. The van der Waals surface area contributed by atoms with Gasteiger partial charge in [-0.1, -0.05) is 19.0 Å². The third-order valence-corrected chi connectivity index (χ3v) is 2.78. The lowest BCUT2D eigenvalue weighted by Gasteiger charge is -2.33. The molecule has 1 aliphatic carbocycles. The fourth-order valence-corrected chi connectivity index (χ4v) is 2.16. The van der Waals surface area contributed by atoms with Gasteiger partial charge in [0.2, 0.25) is 0 Å². The molecule has 0 radical (unpaired) electrons. The fraction of sp³-hybridized carbons (Fsp3) is 0.700. The van der Waals surface area contributed by atoms with E-state index in [1.807, 2.05) is 7.05 Å². The van der Waals surface area contributed by atoms with Gasteiger partial charge in [0.05, 0.1) is 6.04 Å². The maximum absolute atomic E-state index is 5.00. The number of hydrogen-bond donors (Lipinski definition) is 1. The van der Waals surface area contributed by atoms with Gasteiger partial charge in [-0.05, 0) is 25.3 Å². The third kappa shape index (κ3) is 1.48. The highest BCUT2D eigenvalue weighted by atomic mass is 16.5. The van der Waals surface area contributed by atoms with Gasteiger partial charge in [0.25, 0.3) is 0 Å². The molecule has 1 N–H and O–H groups in total. The van der Waals surface area contributed by atoms with Gasteiger partial charge in [-0.3, -0.25) is 0 Å². The molecule has 0 aliphatic heterocycles. The number of fused-ring (bicyclic) bond motifs is 1. The van der Waals surface area contributed by atoms with Crippen LogP contribution in [0.15, 0.2) is 10.8 Å². The monoisotopic (exact) mass is 180 g/mol. The molecule has 72 valence electrons. The van der Waals surface area contributed by atoms with Crippen molar-refractivity contribution >= 4 is 0 Å². The SMILES string of the molecule is CNC1CC(C)(C)Cc2conc21. The van der Waals surface area contributed by atoms with Crippen molar-refractivity contribution in [2.45, 2.75) is 32.7 Å². The molecule has 1 aromatic rings. The maximum Gasteiger partial charge on any atom is 0.127 e. The minimum Gasteiger partial charge on any atom is -0.364 e. The molecule has 1 unspecified atom stereocenters. The molecular weight excluding hydrogens is 164 g/mol. The van der Waals surface area contributed by atoms with Gasteiger partial charge < -0.3 is 9.84 Å². The lowest BCUT2D eigenvalue weighted by Crippen LogP contribution is -2.31. The summed E-state index contributed by atoms with van der Waals surface area (Å²) < 4.78 is 5.00. The van der Waals surface area contributed by atoms with Crippen LogP contribution in [0.25, 0.3) is 0 Å². The zero-order valence-electron chi connectivity index (χ0n) is 8.42. The van der Waals surface area contributed by atoms with E-state index >= 15 is 0 Å². The zero-order valence-corrected chi connectivity index (χ0v) is 8.42. The van der Waals surface area contributed by atoms with Crippen molar-refractivity contribution in [3.05, 3.63) is 17.5 Å². The van der Waals surface area contributed by atoms with E-state index in [1.54, 1.807) is 6.26 Å². The van der Waals surface area contributed by atoms with Crippen molar-refractivity contribution in [3.63, 3.8) is 0 Å². The summed E-state index contributed by atoms with van der Waals surface area (Å²) in [6.07, 6.45) is 3.98. The minimum absolute atomic E-state index is 0.353. The Kier molecular flexibility index (Phi) is 1.91. The van der Waals surface area contributed by atoms with Crippen molar-refractivity contribution in [2.75, 3.05) is 7.05 Å². The van der Waals surface area contributed by atoms with E-state index in [4.69, 9.17) is 4.52 Å². The molecule has 0 amide bonds. The topological polar surface area (TPSA) is 38.1 Å². The highest BCUT2D eigenvalue weighted by Crippen LogP contribution is 2.39. The van der Waals surface area contributed by atoms with Gasteiger partial charge in [0.1, 0.15) is 12.0 Å². The second kappa shape index (κ2) is 2.84. The van der Waals surface area contributed by atoms with Gasteiger partial charge in [-0.15, -0.1) is 0 Å². The van der Waals surface area contributed by atoms with Crippen molar-refractivity contribution < 1.29 is 4.52 Å². The molecule has 1 aromatic heterocycles. The molecule has 13 heavy (non-hydrogen) atoms. The summed E-state index contributed by atoms with van der Waals surface area (Å²) in [6, 6.07) is 0.359. The molecule has 0 fully saturated rings. The summed E-state index contributed by atoms with van der Waals surface area (Å²) in [5, 5.41) is 7.32. The first-order valence-corrected chi connectivity index (χ1v) is 4.73. The Morgan fingerprint density at radius 2 is 2.38 bits per heavy atom. The Balaban J connectivity index is 2.36. The van der Waals surface area contributed by atoms with Gasteiger partial charge in [0, 0.05) is 5.56 Å². The standard InChI is InChI=1S/C10H16N2O/c1-10(2)4-7-6-13-12-9(7)8(5-10)11-3/h6,8,11H,4-5H2,1-3H3. The van der Waals surface area contributed by atoms with Crippen LogP contribution in [0.3, 0.4) is 0 Å². The molecule has 1 aliphatic rings. The predicted octanol–water partition coefficient (Wildman–Crippen LogP) is 1.91. The second-order valence-electron chi connectivity index (χ2n) is 4.61. The van der Waals surface area contributed by atoms with Crippen LogP contribution in [-0.4, -0.2) is 12.2 Å². The number of nitrogens with one attached hydrogen (secondary N) is 1. The molecule has 3 nitrogen and oxygen atoms in total. The van der Waals surface area contributed by atoms with Crippen molar-refractivity contribution in [3.8, 4) is 0 Å². The highest BCUT2D eigenvalue weighted by molar-refractivity contribution is 5.23. The quantitative estimate of drug-likeness (QED) is 0.717. The van der Waals surface area contributed by atoms with Crippen LogP contribution in [0.4, 0.5) is 0 Å². The van der Waals surface area contributed by atoms with E-state index in [0.717, 1.165) is 18.5 Å². The van der Waals surface area contributed by atoms with Crippen LogP contribution in [0.1, 0.15) is 37.6 Å². The molecule has 1 heterocycles. The van der Waals surface area contributed by atoms with E-state index in [0.29, 0.717) is 11.5 Å². The number of rotatable bonds is 1. The van der Waals surface area contributed by atoms with Crippen LogP contribution in [0.2, 0.25) is 0 Å². The summed E-state index contributed by atoms with van der Waals surface area (Å²) in [5.74, 6) is 0. The zero-order chi connectivity index (χ0) is 9.47. The van der Waals surface area contributed by atoms with E-state index in [2.05, 4.69) is 24.3 Å². The van der Waals surface area contributed by atoms with Crippen molar-refractivity contribution in [1.82, 2.24) is 10.5 Å². The normalized spacial score (nSPS) is 25.6. The van der Waals surface area contributed by atoms with Gasteiger partial charge in [-0.25, -0.2) is 0 Å². The molecule has 3 heteroatoms. The molecule has 0 saturated heterocycles. The molecule has 1 atom stereocenters. The highest BCUT2D eigenvalue weighted by Gasteiger charge is 2.33. The van der Waals surface area contributed by atoms with Crippen LogP contribution in [0.5, 0.6) is 0 Å². The average molecular weight is 180 g/mol.